The number of rotatable bonds is 3. The van der Waals surface area contributed by atoms with Crippen LogP contribution in [0.2, 0.25) is 0 Å². The average Bonchev–Trinajstić information content (AvgIpc) is 2.03. The molecule has 13 heavy (non-hydrogen) atoms. The van der Waals surface area contributed by atoms with Gasteiger partial charge >= 0.3 is 7.32 Å². The molecule has 0 unspecified atom stereocenters. The minimum absolute atomic E-state index is 0.432. The third kappa shape index (κ3) is 2.97. The monoisotopic (exact) mass is 181 g/mol. The van der Waals surface area contributed by atoms with Crippen molar-refractivity contribution in [1.82, 2.24) is 0 Å². The summed E-state index contributed by atoms with van der Waals surface area (Å²) >= 11 is 0. The molecule has 0 aromatic heterocycles. The Bertz CT molecular complexity index is 278. The van der Waals surface area contributed by atoms with Crippen molar-refractivity contribution >= 4 is 13.0 Å². The van der Waals surface area contributed by atoms with E-state index < -0.39 is 7.32 Å². The Morgan fingerprint density at radius 3 is 2.54 bits per heavy atom. The molecule has 1 aromatic rings. The van der Waals surface area contributed by atoms with Gasteiger partial charge in [0.25, 0.3) is 0 Å². The van der Waals surface area contributed by atoms with Crippen molar-refractivity contribution in [2.24, 2.45) is 0 Å². The zero-order valence-electron chi connectivity index (χ0n) is 7.64. The van der Waals surface area contributed by atoms with Crippen LogP contribution in [0.25, 0.3) is 0 Å². The summed E-state index contributed by atoms with van der Waals surface area (Å²) in [6, 6.07) is 7.07. The summed E-state index contributed by atoms with van der Waals surface area (Å²) in [5.41, 5.74) is 0.943. The lowest BCUT2D eigenvalue weighted by Crippen LogP contribution is -2.20. The normalized spacial score (nSPS) is 9.54. The third-order valence-electron chi connectivity index (χ3n) is 1.58. The summed E-state index contributed by atoms with van der Waals surface area (Å²) in [5.74, 6) is 0.432. The minimum Gasteiger partial charge on any atom is -0.512 e. The maximum absolute atomic E-state index is 8.56. The highest BCUT2D eigenvalue weighted by atomic mass is 16.6. The summed E-state index contributed by atoms with van der Waals surface area (Å²) in [5, 5.41) is 17.1. The molecule has 0 bridgehead atoms. The topological polar surface area (TPSA) is 52.9 Å². The Hall–Kier alpha value is -1.20. The second kappa shape index (κ2) is 4.16. The van der Waals surface area contributed by atoms with E-state index in [1.807, 2.05) is 25.1 Å². The van der Waals surface area contributed by atoms with Crippen LogP contribution < -0.4 is 9.55 Å². The first kappa shape index (κ1) is 9.89. The predicted octanol–water partition coefficient (Wildman–Crippen LogP) is 0.101. The molecule has 2 N–H and O–H groups in total. The Kier molecular flexibility index (Phi) is 3.16. The van der Waals surface area contributed by atoms with Gasteiger partial charge in [-0.2, -0.15) is 0 Å². The first-order chi connectivity index (χ1) is 6.09. The molecular formula is C8H12BNO3. The Morgan fingerprint density at radius 1 is 1.31 bits per heavy atom. The first-order valence-electron chi connectivity index (χ1n) is 3.90. The van der Waals surface area contributed by atoms with Gasteiger partial charge in [-0.25, -0.2) is 0 Å². The van der Waals surface area contributed by atoms with Crippen molar-refractivity contribution < 1.29 is 14.7 Å². The number of anilines is 1. The van der Waals surface area contributed by atoms with Crippen LogP contribution in [0.4, 0.5) is 5.69 Å². The number of hydrogen-bond acceptors (Lipinski definition) is 4. The van der Waals surface area contributed by atoms with Gasteiger partial charge < -0.3 is 19.6 Å². The van der Waals surface area contributed by atoms with E-state index in [1.165, 1.54) is 0 Å². The van der Waals surface area contributed by atoms with Gasteiger partial charge in [0.1, 0.15) is 5.75 Å². The van der Waals surface area contributed by atoms with Crippen molar-refractivity contribution in [3.63, 3.8) is 0 Å². The maximum atomic E-state index is 8.56. The number of nitrogens with zero attached hydrogens (tertiary/aromatic N) is 1. The van der Waals surface area contributed by atoms with Crippen LogP contribution in [0.5, 0.6) is 5.75 Å². The van der Waals surface area contributed by atoms with Gasteiger partial charge in [0, 0.05) is 25.8 Å². The van der Waals surface area contributed by atoms with Gasteiger partial charge in [-0.1, -0.05) is 6.07 Å². The highest BCUT2D eigenvalue weighted by Gasteiger charge is 2.11. The zero-order valence-corrected chi connectivity index (χ0v) is 7.64. The molecule has 0 heterocycles. The van der Waals surface area contributed by atoms with E-state index in [-0.39, 0.29) is 0 Å². The van der Waals surface area contributed by atoms with Gasteiger partial charge in [0.2, 0.25) is 0 Å². The van der Waals surface area contributed by atoms with E-state index in [9.17, 15) is 0 Å². The predicted molar refractivity (Wildman–Crippen MR) is 51.6 cm³/mol. The minimum atomic E-state index is -1.77. The molecule has 0 aliphatic carbocycles. The molecule has 0 spiro atoms. The molecule has 1 rings (SSSR count). The Morgan fingerprint density at radius 2 is 2.00 bits per heavy atom. The Labute approximate surface area is 77.6 Å². The van der Waals surface area contributed by atoms with Crippen molar-refractivity contribution in [2.75, 3.05) is 19.0 Å². The molecule has 0 atom stereocenters. The van der Waals surface area contributed by atoms with Crippen molar-refractivity contribution in [3.8, 4) is 5.75 Å². The molecule has 5 heteroatoms. The lowest BCUT2D eigenvalue weighted by atomic mass is 10.2. The smallest absolute Gasteiger partial charge is 0.512 e. The van der Waals surface area contributed by atoms with Gasteiger partial charge in [-0.15, -0.1) is 0 Å². The van der Waals surface area contributed by atoms with Crippen LogP contribution in [0.15, 0.2) is 24.3 Å². The van der Waals surface area contributed by atoms with Crippen LogP contribution in [-0.4, -0.2) is 31.5 Å². The fourth-order valence-electron chi connectivity index (χ4n) is 0.957. The second-order valence-corrected chi connectivity index (χ2v) is 2.84. The summed E-state index contributed by atoms with van der Waals surface area (Å²) < 4.78 is 4.69. The van der Waals surface area contributed by atoms with E-state index in [0.29, 0.717) is 5.75 Å². The van der Waals surface area contributed by atoms with E-state index in [4.69, 9.17) is 10.0 Å². The lowest BCUT2D eigenvalue weighted by Gasteiger charge is -2.13. The van der Waals surface area contributed by atoms with Gasteiger partial charge in [0.15, 0.2) is 0 Å². The van der Waals surface area contributed by atoms with Crippen LogP contribution in [0.1, 0.15) is 0 Å². The molecule has 4 nitrogen and oxygen atoms in total. The van der Waals surface area contributed by atoms with E-state index >= 15 is 0 Å². The first-order valence-corrected chi connectivity index (χ1v) is 3.90. The Balaban J connectivity index is 2.79. The molecular weight excluding hydrogens is 169 g/mol. The van der Waals surface area contributed by atoms with Crippen LogP contribution in [0.3, 0.4) is 0 Å². The van der Waals surface area contributed by atoms with Crippen molar-refractivity contribution in [2.45, 2.75) is 0 Å². The molecule has 1 aromatic carbocycles. The molecule has 0 radical (unpaired) electrons. The van der Waals surface area contributed by atoms with Crippen LogP contribution in [-0.2, 0) is 0 Å². The fraction of sp³-hybridized carbons (Fsp3) is 0.250. The maximum Gasteiger partial charge on any atom is 0.707 e. The average molecular weight is 181 g/mol. The lowest BCUT2D eigenvalue weighted by molar-refractivity contribution is 0.288. The molecule has 0 saturated heterocycles. The highest BCUT2D eigenvalue weighted by molar-refractivity contribution is 6.33. The summed E-state index contributed by atoms with van der Waals surface area (Å²) in [7, 11) is 2.03. The molecule has 0 aliphatic heterocycles. The fourth-order valence-corrected chi connectivity index (χ4v) is 0.957. The largest absolute Gasteiger partial charge is 0.707 e. The van der Waals surface area contributed by atoms with Crippen LogP contribution in [0, 0.1) is 0 Å². The summed E-state index contributed by atoms with van der Waals surface area (Å²) in [6.07, 6.45) is 0. The summed E-state index contributed by atoms with van der Waals surface area (Å²) in [4.78, 5) is 1.90. The van der Waals surface area contributed by atoms with Crippen LogP contribution >= 0.6 is 0 Å². The highest BCUT2D eigenvalue weighted by Crippen LogP contribution is 2.19. The zero-order chi connectivity index (χ0) is 9.84. The second-order valence-electron chi connectivity index (χ2n) is 2.84. The summed E-state index contributed by atoms with van der Waals surface area (Å²) in [6.45, 7) is 0. The van der Waals surface area contributed by atoms with Gasteiger partial charge in [-0.3, -0.25) is 0 Å². The van der Waals surface area contributed by atoms with Crippen molar-refractivity contribution in [1.29, 1.82) is 0 Å². The molecule has 0 fully saturated rings. The molecule has 0 amide bonds. The molecule has 0 saturated carbocycles. The van der Waals surface area contributed by atoms with Crippen molar-refractivity contribution in [3.05, 3.63) is 24.3 Å². The van der Waals surface area contributed by atoms with Gasteiger partial charge in [-0.05, 0) is 12.1 Å². The number of hydrogen-bond donors (Lipinski definition) is 2. The molecule has 70 valence electrons. The SMILES string of the molecule is CN(C)c1cccc(OB(O)O)c1. The van der Waals surface area contributed by atoms with E-state index in [2.05, 4.69) is 4.65 Å². The quantitative estimate of drug-likeness (QED) is 0.649. The third-order valence-corrected chi connectivity index (χ3v) is 1.58. The number of benzene rings is 1. The standard InChI is InChI=1S/C8H12BNO3/c1-10(2)7-4-3-5-8(6-7)13-9(11)12/h3-6,11-12H,1-2H3. The van der Waals surface area contributed by atoms with Gasteiger partial charge in [0.05, 0.1) is 0 Å². The molecule has 0 aliphatic rings. The van der Waals surface area contributed by atoms with E-state index in [0.717, 1.165) is 5.69 Å². The van der Waals surface area contributed by atoms with E-state index in [1.54, 1.807) is 18.2 Å².